The third kappa shape index (κ3) is 5.13. The van der Waals surface area contributed by atoms with Gasteiger partial charge in [0.25, 0.3) is 0 Å². The van der Waals surface area contributed by atoms with Crippen molar-refractivity contribution in [2.45, 2.75) is 37.6 Å². The molecule has 0 fully saturated rings. The summed E-state index contributed by atoms with van der Waals surface area (Å²) in [6.07, 6.45) is 2.54. The Hall–Kier alpha value is -1.40. The normalized spacial score (nSPS) is 12.1. The number of hydrogen-bond acceptors (Lipinski definition) is 5. The lowest BCUT2D eigenvalue weighted by Crippen LogP contribution is -2.35. The number of carbonyl (C=O) groups is 1. The van der Waals surface area contributed by atoms with Crippen molar-refractivity contribution in [2.75, 3.05) is 5.75 Å². The zero-order valence-electron chi connectivity index (χ0n) is 12.4. The summed E-state index contributed by atoms with van der Waals surface area (Å²) < 4.78 is 0.941. The van der Waals surface area contributed by atoms with E-state index in [-0.39, 0.29) is 11.9 Å². The topological polar surface area (TPSA) is 54.9 Å². The van der Waals surface area contributed by atoms with Crippen LogP contribution >= 0.6 is 23.1 Å². The molecule has 0 bridgehead atoms. The molecule has 0 unspecified atom stereocenters. The minimum absolute atomic E-state index is 0.0361. The molecule has 1 N–H and O–H groups in total. The summed E-state index contributed by atoms with van der Waals surface area (Å²) >= 11 is 3.06. The van der Waals surface area contributed by atoms with Crippen LogP contribution in [0.15, 0.2) is 28.0 Å². The molecule has 0 aliphatic heterocycles. The summed E-state index contributed by atoms with van der Waals surface area (Å²) in [7, 11) is 0. The van der Waals surface area contributed by atoms with Gasteiger partial charge in [0, 0.05) is 35.4 Å². The highest BCUT2D eigenvalue weighted by molar-refractivity contribution is 8.01. The molecule has 21 heavy (non-hydrogen) atoms. The van der Waals surface area contributed by atoms with E-state index in [1.165, 1.54) is 11.8 Å². The number of hydrogen-bond donors (Lipinski definition) is 1. The number of pyridine rings is 1. The van der Waals surface area contributed by atoms with Gasteiger partial charge >= 0.3 is 0 Å². The van der Waals surface area contributed by atoms with E-state index in [9.17, 15) is 4.79 Å². The SMILES string of the molecule is Cc1csc(SCC(=O)N[C@@H](C)Cc2ncccc2C)n1. The van der Waals surface area contributed by atoms with E-state index in [1.807, 2.05) is 38.3 Å². The zero-order chi connectivity index (χ0) is 15.2. The predicted molar refractivity (Wildman–Crippen MR) is 87.9 cm³/mol. The highest BCUT2D eigenvalue weighted by atomic mass is 32.2. The molecule has 0 aliphatic rings. The molecule has 0 saturated carbocycles. The minimum Gasteiger partial charge on any atom is -0.353 e. The Bertz CT molecular complexity index is 612. The maximum Gasteiger partial charge on any atom is 0.230 e. The average molecular weight is 321 g/mol. The summed E-state index contributed by atoms with van der Waals surface area (Å²) in [5.74, 6) is 0.437. The second-order valence-corrected chi connectivity index (χ2v) is 7.06. The van der Waals surface area contributed by atoms with E-state index in [1.54, 1.807) is 17.5 Å². The van der Waals surface area contributed by atoms with E-state index in [0.29, 0.717) is 5.75 Å². The fourth-order valence-corrected chi connectivity index (χ4v) is 3.58. The van der Waals surface area contributed by atoms with Crippen LogP contribution in [0, 0.1) is 13.8 Å². The van der Waals surface area contributed by atoms with Crippen LogP contribution in [0.3, 0.4) is 0 Å². The van der Waals surface area contributed by atoms with E-state index in [0.717, 1.165) is 27.7 Å². The average Bonchev–Trinajstić information content (AvgIpc) is 2.85. The van der Waals surface area contributed by atoms with Gasteiger partial charge in [-0.25, -0.2) is 4.98 Å². The van der Waals surface area contributed by atoms with Crippen LogP contribution in [0.25, 0.3) is 0 Å². The van der Waals surface area contributed by atoms with Crippen molar-refractivity contribution in [1.82, 2.24) is 15.3 Å². The van der Waals surface area contributed by atoms with Crippen LogP contribution in [0.1, 0.15) is 23.9 Å². The summed E-state index contributed by atoms with van der Waals surface area (Å²) in [6.45, 7) is 6.00. The van der Waals surface area contributed by atoms with Crippen molar-refractivity contribution in [1.29, 1.82) is 0 Å². The Morgan fingerprint density at radius 2 is 2.29 bits per heavy atom. The van der Waals surface area contributed by atoms with Crippen molar-refractivity contribution in [3.8, 4) is 0 Å². The number of amides is 1. The number of nitrogens with one attached hydrogen (secondary N) is 1. The third-order valence-corrected chi connectivity index (χ3v) is 5.09. The highest BCUT2D eigenvalue weighted by Gasteiger charge is 2.11. The predicted octanol–water partition coefficient (Wildman–Crippen LogP) is 2.99. The molecule has 0 aliphatic carbocycles. The number of aromatic nitrogens is 2. The molecule has 2 aromatic heterocycles. The lowest BCUT2D eigenvalue weighted by molar-refractivity contribution is -0.119. The second-order valence-electron chi connectivity index (χ2n) is 4.98. The monoisotopic (exact) mass is 321 g/mol. The fraction of sp³-hybridized carbons (Fsp3) is 0.400. The molecular formula is C15H19N3OS2. The van der Waals surface area contributed by atoms with Gasteiger partial charge in [-0.05, 0) is 32.4 Å². The highest BCUT2D eigenvalue weighted by Crippen LogP contribution is 2.21. The van der Waals surface area contributed by atoms with Gasteiger partial charge in [0.15, 0.2) is 4.34 Å². The number of nitrogens with zero attached hydrogens (tertiary/aromatic N) is 2. The van der Waals surface area contributed by atoms with Gasteiger partial charge in [0.1, 0.15) is 0 Å². The number of thioether (sulfide) groups is 1. The molecule has 6 heteroatoms. The van der Waals surface area contributed by atoms with Crippen molar-refractivity contribution < 1.29 is 4.79 Å². The van der Waals surface area contributed by atoms with E-state index in [2.05, 4.69) is 15.3 Å². The van der Waals surface area contributed by atoms with Crippen LogP contribution in [0.4, 0.5) is 0 Å². The molecule has 112 valence electrons. The molecule has 2 heterocycles. The summed E-state index contributed by atoms with van der Waals surface area (Å²) in [5, 5.41) is 5.00. The Morgan fingerprint density at radius 1 is 1.48 bits per heavy atom. The Morgan fingerprint density at radius 3 is 2.95 bits per heavy atom. The Labute approximate surface area is 133 Å². The summed E-state index contributed by atoms with van der Waals surface area (Å²) in [6, 6.07) is 4.04. The smallest absolute Gasteiger partial charge is 0.230 e. The number of aryl methyl sites for hydroxylation is 2. The molecule has 4 nitrogen and oxygen atoms in total. The van der Waals surface area contributed by atoms with Crippen molar-refractivity contribution in [2.24, 2.45) is 0 Å². The molecule has 2 aromatic rings. The van der Waals surface area contributed by atoms with Gasteiger partial charge in [-0.1, -0.05) is 17.8 Å². The van der Waals surface area contributed by atoms with Gasteiger partial charge in [-0.15, -0.1) is 11.3 Å². The fourth-order valence-electron chi connectivity index (χ4n) is 1.92. The molecule has 0 aromatic carbocycles. The van der Waals surface area contributed by atoms with Crippen LogP contribution < -0.4 is 5.32 Å². The molecule has 1 amide bonds. The van der Waals surface area contributed by atoms with E-state index < -0.39 is 0 Å². The van der Waals surface area contributed by atoms with Crippen LogP contribution in [0.5, 0.6) is 0 Å². The molecular weight excluding hydrogens is 302 g/mol. The van der Waals surface area contributed by atoms with Crippen LogP contribution in [-0.4, -0.2) is 27.7 Å². The first-order valence-corrected chi connectivity index (χ1v) is 8.66. The molecule has 0 saturated heterocycles. The van der Waals surface area contributed by atoms with Gasteiger partial charge < -0.3 is 5.32 Å². The van der Waals surface area contributed by atoms with Gasteiger partial charge in [-0.3, -0.25) is 9.78 Å². The Kier molecular flexibility index (Phi) is 5.76. The number of carbonyl (C=O) groups excluding carboxylic acids is 1. The van der Waals surface area contributed by atoms with E-state index in [4.69, 9.17) is 0 Å². The van der Waals surface area contributed by atoms with Crippen molar-refractivity contribution >= 4 is 29.0 Å². The molecule has 0 radical (unpaired) electrons. The number of rotatable bonds is 6. The largest absolute Gasteiger partial charge is 0.353 e. The third-order valence-electron chi connectivity index (χ3n) is 2.95. The molecule has 0 spiro atoms. The van der Waals surface area contributed by atoms with Crippen molar-refractivity contribution in [3.63, 3.8) is 0 Å². The maximum atomic E-state index is 11.9. The first-order valence-electron chi connectivity index (χ1n) is 6.79. The Balaban J connectivity index is 1.78. The van der Waals surface area contributed by atoms with Crippen molar-refractivity contribution in [3.05, 3.63) is 40.7 Å². The van der Waals surface area contributed by atoms with Crippen LogP contribution in [0.2, 0.25) is 0 Å². The van der Waals surface area contributed by atoms with Crippen LogP contribution in [-0.2, 0) is 11.2 Å². The first-order chi connectivity index (χ1) is 10.0. The number of thiazole rings is 1. The lowest BCUT2D eigenvalue weighted by atomic mass is 10.1. The lowest BCUT2D eigenvalue weighted by Gasteiger charge is -2.14. The van der Waals surface area contributed by atoms with Gasteiger partial charge in [-0.2, -0.15) is 0 Å². The van der Waals surface area contributed by atoms with E-state index >= 15 is 0 Å². The summed E-state index contributed by atoms with van der Waals surface area (Å²) in [5.41, 5.74) is 3.20. The molecule has 1 atom stereocenters. The quantitative estimate of drug-likeness (QED) is 0.831. The zero-order valence-corrected chi connectivity index (χ0v) is 14.1. The van der Waals surface area contributed by atoms with Gasteiger partial charge in [0.05, 0.1) is 5.75 Å². The van der Waals surface area contributed by atoms with Gasteiger partial charge in [0.2, 0.25) is 5.91 Å². The minimum atomic E-state index is 0.0361. The maximum absolute atomic E-state index is 11.9. The summed E-state index contributed by atoms with van der Waals surface area (Å²) in [4.78, 5) is 20.6. The first kappa shape index (κ1) is 16.0. The second kappa shape index (κ2) is 7.56. The molecule has 2 rings (SSSR count). The standard InChI is InChI=1S/C15H19N3OS2/c1-10-5-4-6-16-13(10)7-11(2)17-14(19)9-21-15-18-12(3)8-20-15/h4-6,8,11H,7,9H2,1-3H3,(H,17,19)/t11-/m0/s1.